The van der Waals surface area contributed by atoms with Crippen LogP contribution in [0.15, 0.2) is 42.5 Å². The van der Waals surface area contributed by atoms with Crippen molar-refractivity contribution < 1.29 is 5.11 Å². The van der Waals surface area contributed by atoms with Crippen LogP contribution in [0.1, 0.15) is 25.0 Å². The van der Waals surface area contributed by atoms with E-state index in [0.717, 1.165) is 24.0 Å². The third-order valence-electron chi connectivity index (χ3n) is 3.16. The van der Waals surface area contributed by atoms with E-state index in [1.807, 2.05) is 18.2 Å². The summed E-state index contributed by atoms with van der Waals surface area (Å²) in [6.45, 7) is 4.27. The van der Waals surface area contributed by atoms with Gasteiger partial charge in [0, 0.05) is 5.56 Å². The number of rotatable bonds is 3. The minimum Gasteiger partial charge on any atom is -0.507 e. The Labute approximate surface area is 103 Å². The molecule has 0 aliphatic rings. The van der Waals surface area contributed by atoms with Crippen LogP contribution in [-0.4, -0.2) is 5.11 Å². The highest BCUT2D eigenvalue weighted by Gasteiger charge is 2.08. The van der Waals surface area contributed by atoms with Gasteiger partial charge in [-0.3, -0.25) is 0 Å². The molecule has 2 aromatic rings. The molecule has 1 heteroatoms. The van der Waals surface area contributed by atoms with E-state index in [9.17, 15) is 5.11 Å². The van der Waals surface area contributed by atoms with Gasteiger partial charge in [0.2, 0.25) is 0 Å². The molecule has 0 amide bonds. The lowest BCUT2D eigenvalue weighted by Gasteiger charge is -2.11. The number of hydrogen-bond donors (Lipinski definition) is 1. The number of phenols is 1. The Hall–Kier alpha value is -1.76. The lowest BCUT2D eigenvalue weighted by atomic mass is 9.95. The zero-order valence-electron chi connectivity index (χ0n) is 10.4. The zero-order chi connectivity index (χ0) is 12.3. The van der Waals surface area contributed by atoms with E-state index in [1.165, 1.54) is 11.1 Å². The molecule has 0 unspecified atom stereocenters. The summed E-state index contributed by atoms with van der Waals surface area (Å²) in [5.41, 5.74) is 4.62. The Morgan fingerprint density at radius 3 is 2.35 bits per heavy atom. The lowest BCUT2D eigenvalue weighted by molar-refractivity contribution is 0.477. The molecule has 2 rings (SSSR count). The SMILES string of the molecule is CCc1ccc(O)c(-c2ccccc2CC)c1. The summed E-state index contributed by atoms with van der Waals surface area (Å²) in [5, 5.41) is 10.0. The Morgan fingerprint density at radius 2 is 1.65 bits per heavy atom. The molecule has 0 atom stereocenters. The van der Waals surface area contributed by atoms with Gasteiger partial charge in [0.05, 0.1) is 0 Å². The van der Waals surface area contributed by atoms with E-state index in [-0.39, 0.29) is 0 Å². The van der Waals surface area contributed by atoms with Crippen molar-refractivity contribution in [2.75, 3.05) is 0 Å². The third kappa shape index (κ3) is 2.33. The fourth-order valence-electron chi connectivity index (χ4n) is 2.11. The summed E-state index contributed by atoms with van der Waals surface area (Å²) in [5.74, 6) is 0.364. The van der Waals surface area contributed by atoms with Gasteiger partial charge in [0.1, 0.15) is 5.75 Å². The molecule has 0 aliphatic heterocycles. The molecular formula is C16H18O. The maximum atomic E-state index is 10.0. The van der Waals surface area contributed by atoms with Crippen molar-refractivity contribution in [3.8, 4) is 16.9 Å². The van der Waals surface area contributed by atoms with Gasteiger partial charge in [-0.2, -0.15) is 0 Å². The maximum Gasteiger partial charge on any atom is 0.123 e. The van der Waals surface area contributed by atoms with Gasteiger partial charge in [-0.25, -0.2) is 0 Å². The molecule has 0 radical (unpaired) electrons. The lowest BCUT2D eigenvalue weighted by Crippen LogP contribution is -1.89. The Balaban J connectivity index is 2.59. The molecular weight excluding hydrogens is 208 g/mol. The van der Waals surface area contributed by atoms with Crippen LogP contribution in [0, 0.1) is 0 Å². The Bertz CT molecular complexity index is 515. The molecule has 2 aromatic carbocycles. The van der Waals surface area contributed by atoms with Gasteiger partial charge in [-0.1, -0.05) is 44.2 Å². The van der Waals surface area contributed by atoms with Gasteiger partial charge in [-0.05, 0) is 41.7 Å². The van der Waals surface area contributed by atoms with Gasteiger partial charge in [-0.15, -0.1) is 0 Å². The van der Waals surface area contributed by atoms with Crippen LogP contribution in [0.2, 0.25) is 0 Å². The number of phenolic OH excluding ortho intramolecular Hbond substituents is 1. The topological polar surface area (TPSA) is 20.2 Å². The van der Waals surface area contributed by atoms with Crippen molar-refractivity contribution in [1.29, 1.82) is 0 Å². The predicted octanol–water partition coefficient (Wildman–Crippen LogP) is 4.18. The molecule has 0 aliphatic carbocycles. The van der Waals surface area contributed by atoms with Gasteiger partial charge in [0.25, 0.3) is 0 Å². The van der Waals surface area contributed by atoms with Crippen molar-refractivity contribution >= 4 is 0 Å². The highest BCUT2D eigenvalue weighted by atomic mass is 16.3. The van der Waals surface area contributed by atoms with Gasteiger partial charge in [0.15, 0.2) is 0 Å². The summed E-state index contributed by atoms with van der Waals surface area (Å²) in [6, 6.07) is 14.1. The van der Waals surface area contributed by atoms with E-state index in [0.29, 0.717) is 5.75 Å². The van der Waals surface area contributed by atoms with Crippen molar-refractivity contribution in [2.24, 2.45) is 0 Å². The van der Waals surface area contributed by atoms with Crippen molar-refractivity contribution in [3.05, 3.63) is 53.6 Å². The Morgan fingerprint density at radius 1 is 0.882 bits per heavy atom. The Kier molecular flexibility index (Phi) is 3.48. The number of benzene rings is 2. The third-order valence-corrected chi connectivity index (χ3v) is 3.16. The van der Waals surface area contributed by atoms with E-state index >= 15 is 0 Å². The quantitative estimate of drug-likeness (QED) is 0.832. The van der Waals surface area contributed by atoms with Gasteiger partial charge < -0.3 is 5.11 Å². The highest BCUT2D eigenvalue weighted by molar-refractivity contribution is 5.73. The van der Waals surface area contributed by atoms with Crippen LogP contribution >= 0.6 is 0 Å². The normalized spacial score (nSPS) is 10.5. The van der Waals surface area contributed by atoms with E-state index in [1.54, 1.807) is 6.07 Å². The standard InChI is InChI=1S/C16H18O/c1-3-12-9-10-16(17)15(11-12)14-8-6-5-7-13(14)4-2/h5-11,17H,3-4H2,1-2H3. The van der Waals surface area contributed by atoms with Gasteiger partial charge >= 0.3 is 0 Å². The monoisotopic (exact) mass is 226 g/mol. The zero-order valence-corrected chi connectivity index (χ0v) is 10.4. The summed E-state index contributed by atoms with van der Waals surface area (Å²) in [7, 11) is 0. The molecule has 0 fully saturated rings. The summed E-state index contributed by atoms with van der Waals surface area (Å²) in [4.78, 5) is 0. The first-order valence-electron chi connectivity index (χ1n) is 6.16. The van der Waals surface area contributed by atoms with Crippen LogP contribution in [0.5, 0.6) is 5.75 Å². The molecule has 0 bridgehead atoms. The average molecular weight is 226 g/mol. The first kappa shape index (κ1) is 11.7. The second kappa shape index (κ2) is 5.05. The number of aromatic hydroxyl groups is 1. The van der Waals surface area contributed by atoms with E-state index in [4.69, 9.17) is 0 Å². The average Bonchev–Trinajstić information content (AvgIpc) is 2.39. The second-order valence-corrected chi connectivity index (χ2v) is 4.22. The van der Waals surface area contributed by atoms with Crippen LogP contribution in [0.25, 0.3) is 11.1 Å². The minimum absolute atomic E-state index is 0.364. The molecule has 0 aromatic heterocycles. The molecule has 88 valence electrons. The number of aryl methyl sites for hydroxylation is 2. The van der Waals surface area contributed by atoms with Crippen molar-refractivity contribution in [1.82, 2.24) is 0 Å². The first-order chi connectivity index (χ1) is 8.26. The fourth-order valence-corrected chi connectivity index (χ4v) is 2.11. The van der Waals surface area contributed by atoms with Crippen molar-refractivity contribution in [3.63, 3.8) is 0 Å². The molecule has 0 heterocycles. The van der Waals surface area contributed by atoms with Crippen LogP contribution in [0.4, 0.5) is 0 Å². The molecule has 17 heavy (non-hydrogen) atoms. The van der Waals surface area contributed by atoms with Crippen molar-refractivity contribution in [2.45, 2.75) is 26.7 Å². The van der Waals surface area contributed by atoms with E-state index < -0.39 is 0 Å². The summed E-state index contributed by atoms with van der Waals surface area (Å²) >= 11 is 0. The van der Waals surface area contributed by atoms with E-state index in [2.05, 4.69) is 32.0 Å². The molecule has 0 saturated heterocycles. The molecule has 1 N–H and O–H groups in total. The maximum absolute atomic E-state index is 10.0. The van der Waals surface area contributed by atoms with Crippen LogP contribution in [-0.2, 0) is 12.8 Å². The highest BCUT2D eigenvalue weighted by Crippen LogP contribution is 2.32. The summed E-state index contributed by atoms with van der Waals surface area (Å²) in [6.07, 6.45) is 1.97. The predicted molar refractivity (Wildman–Crippen MR) is 72.3 cm³/mol. The summed E-state index contributed by atoms with van der Waals surface area (Å²) < 4.78 is 0. The minimum atomic E-state index is 0.364. The molecule has 0 spiro atoms. The number of hydrogen-bond acceptors (Lipinski definition) is 1. The van der Waals surface area contributed by atoms with Crippen LogP contribution in [0.3, 0.4) is 0 Å². The smallest absolute Gasteiger partial charge is 0.123 e. The second-order valence-electron chi connectivity index (χ2n) is 4.22. The molecule has 0 saturated carbocycles. The largest absolute Gasteiger partial charge is 0.507 e. The first-order valence-corrected chi connectivity index (χ1v) is 6.16. The van der Waals surface area contributed by atoms with Crippen LogP contribution < -0.4 is 0 Å². The fraction of sp³-hybridized carbons (Fsp3) is 0.250. The molecule has 1 nitrogen and oxygen atoms in total.